The normalized spacial score (nSPS) is 19.0. The van der Waals surface area contributed by atoms with Crippen LogP contribution in [0.25, 0.3) is 0 Å². The van der Waals surface area contributed by atoms with Crippen molar-refractivity contribution in [2.45, 2.75) is 25.8 Å². The lowest BCUT2D eigenvalue weighted by molar-refractivity contribution is -0.119. The van der Waals surface area contributed by atoms with Crippen LogP contribution in [0.2, 0.25) is 0 Å². The van der Waals surface area contributed by atoms with Crippen LogP contribution in [-0.4, -0.2) is 19.0 Å². The third kappa shape index (κ3) is 4.17. The average Bonchev–Trinajstić information content (AvgIpc) is 2.68. The van der Waals surface area contributed by atoms with Crippen molar-refractivity contribution >= 4 is 17.6 Å². The van der Waals surface area contributed by atoms with E-state index in [4.69, 9.17) is 4.74 Å². The zero-order valence-electron chi connectivity index (χ0n) is 16.3. The molecule has 1 aliphatic heterocycles. The maximum Gasteiger partial charge on any atom is 0.319 e. The fourth-order valence-electron chi connectivity index (χ4n) is 3.25. The van der Waals surface area contributed by atoms with Crippen molar-refractivity contribution in [2.24, 2.45) is 5.92 Å². The summed E-state index contributed by atoms with van der Waals surface area (Å²) < 4.78 is 5.14. The van der Waals surface area contributed by atoms with E-state index in [9.17, 15) is 9.59 Å². The second kappa shape index (κ2) is 8.17. The Bertz CT molecular complexity index is 873. The molecule has 1 heterocycles. The number of hydrogen-bond donors (Lipinski definition) is 3. The van der Waals surface area contributed by atoms with Gasteiger partial charge in [-0.1, -0.05) is 44.7 Å². The van der Waals surface area contributed by atoms with E-state index in [1.54, 1.807) is 31.4 Å². The standard InChI is InChI=1S/C22H25N3O3/c1-13(2)15-5-7-16(8-6-15)20-19(14(3)23-22(27)25-20)21(26)24-17-9-11-18(28-4)12-10-17/h5-13,19-20H,3H2,1-2,4H3,(H,24,26)(H2,23,25,27)/t19-,20+/m0/s1. The monoisotopic (exact) mass is 379 g/mol. The highest BCUT2D eigenvalue weighted by molar-refractivity contribution is 5.97. The van der Waals surface area contributed by atoms with Gasteiger partial charge in [0.1, 0.15) is 11.7 Å². The van der Waals surface area contributed by atoms with E-state index >= 15 is 0 Å². The molecule has 0 aromatic heterocycles. The number of nitrogens with one attached hydrogen (secondary N) is 3. The summed E-state index contributed by atoms with van der Waals surface area (Å²) in [6.45, 7) is 8.14. The molecular weight excluding hydrogens is 354 g/mol. The fourth-order valence-corrected chi connectivity index (χ4v) is 3.25. The minimum atomic E-state index is -0.648. The average molecular weight is 379 g/mol. The van der Waals surface area contributed by atoms with E-state index in [0.717, 1.165) is 5.56 Å². The molecule has 0 saturated carbocycles. The lowest BCUT2D eigenvalue weighted by Crippen LogP contribution is -2.51. The number of anilines is 1. The molecule has 2 aromatic carbocycles. The lowest BCUT2D eigenvalue weighted by Gasteiger charge is -2.34. The first-order valence-corrected chi connectivity index (χ1v) is 9.20. The van der Waals surface area contributed by atoms with Gasteiger partial charge in [-0.05, 0) is 41.3 Å². The van der Waals surface area contributed by atoms with E-state index in [-0.39, 0.29) is 11.9 Å². The van der Waals surface area contributed by atoms with Crippen molar-refractivity contribution in [3.8, 4) is 5.75 Å². The number of hydrogen-bond acceptors (Lipinski definition) is 3. The van der Waals surface area contributed by atoms with Crippen LogP contribution in [0.15, 0.2) is 60.8 Å². The Hall–Kier alpha value is -3.28. The van der Waals surface area contributed by atoms with Gasteiger partial charge in [0, 0.05) is 11.4 Å². The van der Waals surface area contributed by atoms with E-state index in [1.807, 2.05) is 24.3 Å². The van der Waals surface area contributed by atoms with Gasteiger partial charge in [0.05, 0.1) is 13.2 Å². The Labute approximate surface area is 165 Å². The Morgan fingerprint density at radius 1 is 1.11 bits per heavy atom. The summed E-state index contributed by atoms with van der Waals surface area (Å²) in [5.41, 5.74) is 3.06. The SMILES string of the molecule is C=C1NC(=O)N[C@H](c2ccc(C(C)C)cc2)[C@H]1C(=O)Nc1ccc(OC)cc1. The number of benzene rings is 2. The third-order valence-corrected chi connectivity index (χ3v) is 4.87. The van der Waals surface area contributed by atoms with Gasteiger partial charge < -0.3 is 20.7 Å². The molecule has 0 bridgehead atoms. The summed E-state index contributed by atoms with van der Waals surface area (Å²) in [5.74, 6) is 0.211. The van der Waals surface area contributed by atoms with Crippen molar-refractivity contribution in [3.05, 3.63) is 71.9 Å². The van der Waals surface area contributed by atoms with Crippen LogP contribution >= 0.6 is 0 Å². The van der Waals surface area contributed by atoms with Crippen molar-refractivity contribution in [1.82, 2.24) is 10.6 Å². The summed E-state index contributed by atoms with van der Waals surface area (Å²) in [5, 5.41) is 8.36. The zero-order valence-corrected chi connectivity index (χ0v) is 16.3. The quantitative estimate of drug-likeness (QED) is 0.736. The minimum Gasteiger partial charge on any atom is -0.497 e. The van der Waals surface area contributed by atoms with Gasteiger partial charge in [-0.25, -0.2) is 4.79 Å². The van der Waals surface area contributed by atoms with Crippen LogP contribution in [0.4, 0.5) is 10.5 Å². The van der Waals surface area contributed by atoms with Gasteiger partial charge >= 0.3 is 6.03 Å². The summed E-state index contributed by atoms with van der Waals surface area (Å²) in [6, 6.07) is 14.2. The molecule has 0 unspecified atom stereocenters. The molecule has 2 aromatic rings. The fraction of sp³-hybridized carbons (Fsp3) is 0.273. The third-order valence-electron chi connectivity index (χ3n) is 4.87. The first-order chi connectivity index (χ1) is 13.4. The summed E-state index contributed by atoms with van der Waals surface area (Å²) in [4.78, 5) is 25.0. The first-order valence-electron chi connectivity index (χ1n) is 9.20. The lowest BCUT2D eigenvalue weighted by atomic mass is 9.87. The Morgan fingerprint density at radius 2 is 1.75 bits per heavy atom. The summed E-state index contributed by atoms with van der Waals surface area (Å²) in [7, 11) is 1.59. The highest BCUT2D eigenvalue weighted by Gasteiger charge is 2.37. The largest absolute Gasteiger partial charge is 0.497 e. The molecule has 1 aliphatic rings. The number of carbonyl (C=O) groups is 2. The molecule has 3 N–H and O–H groups in total. The molecular formula is C22H25N3O3. The van der Waals surface area contributed by atoms with E-state index in [2.05, 4.69) is 36.4 Å². The molecule has 3 rings (SSSR count). The molecule has 1 saturated heterocycles. The molecule has 6 heteroatoms. The Morgan fingerprint density at radius 3 is 2.32 bits per heavy atom. The van der Waals surface area contributed by atoms with Crippen molar-refractivity contribution in [3.63, 3.8) is 0 Å². The second-order valence-electron chi connectivity index (χ2n) is 7.12. The number of methoxy groups -OCH3 is 1. The van der Waals surface area contributed by atoms with Crippen LogP contribution in [0.5, 0.6) is 5.75 Å². The topological polar surface area (TPSA) is 79.5 Å². The summed E-state index contributed by atoms with van der Waals surface area (Å²) in [6.07, 6.45) is 0. The molecule has 1 fully saturated rings. The van der Waals surface area contributed by atoms with Crippen LogP contribution in [0, 0.1) is 5.92 Å². The molecule has 0 spiro atoms. The van der Waals surface area contributed by atoms with Crippen LogP contribution in [0.3, 0.4) is 0 Å². The zero-order chi connectivity index (χ0) is 20.3. The van der Waals surface area contributed by atoms with Crippen molar-refractivity contribution in [1.29, 1.82) is 0 Å². The molecule has 0 radical (unpaired) electrons. The van der Waals surface area contributed by atoms with E-state index in [1.165, 1.54) is 5.56 Å². The van der Waals surface area contributed by atoms with Gasteiger partial charge in [-0.3, -0.25) is 4.79 Å². The molecule has 0 aliphatic carbocycles. The highest BCUT2D eigenvalue weighted by atomic mass is 16.5. The number of carbonyl (C=O) groups excluding carboxylic acids is 2. The number of ether oxygens (including phenoxy) is 1. The predicted octanol–water partition coefficient (Wildman–Crippen LogP) is 3.94. The minimum absolute atomic E-state index is 0.249. The van der Waals surface area contributed by atoms with Gasteiger partial charge in [0.15, 0.2) is 0 Å². The number of amides is 3. The molecule has 28 heavy (non-hydrogen) atoms. The number of rotatable bonds is 5. The van der Waals surface area contributed by atoms with Gasteiger partial charge in [-0.15, -0.1) is 0 Å². The van der Waals surface area contributed by atoms with E-state index in [0.29, 0.717) is 23.1 Å². The van der Waals surface area contributed by atoms with Gasteiger partial charge in [0.2, 0.25) is 5.91 Å². The number of urea groups is 1. The molecule has 146 valence electrons. The maximum absolute atomic E-state index is 13.0. The Kier molecular flexibility index (Phi) is 5.68. The van der Waals surface area contributed by atoms with Crippen molar-refractivity contribution in [2.75, 3.05) is 12.4 Å². The van der Waals surface area contributed by atoms with Crippen LogP contribution < -0.4 is 20.7 Å². The molecule has 6 nitrogen and oxygen atoms in total. The molecule has 2 atom stereocenters. The molecule has 3 amide bonds. The summed E-state index contributed by atoms with van der Waals surface area (Å²) >= 11 is 0. The first kappa shape index (κ1) is 19.5. The smallest absolute Gasteiger partial charge is 0.319 e. The van der Waals surface area contributed by atoms with E-state index < -0.39 is 12.0 Å². The Balaban J connectivity index is 1.84. The van der Waals surface area contributed by atoms with Crippen LogP contribution in [-0.2, 0) is 4.79 Å². The van der Waals surface area contributed by atoms with Crippen molar-refractivity contribution < 1.29 is 14.3 Å². The van der Waals surface area contributed by atoms with Crippen LogP contribution in [0.1, 0.15) is 36.9 Å². The van der Waals surface area contributed by atoms with Gasteiger partial charge in [0.25, 0.3) is 0 Å². The predicted molar refractivity (Wildman–Crippen MR) is 109 cm³/mol. The second-order valence-corrected chi connectivity index (χ2v) is 7.12. The van der Waals surface area contributed by atoms with Gasteiger partial charge in [-0.2, -0.15) is 0 Å². The highest BCUT2D eigenvalue weighted by Crippen LogP contribution is 2.31. The maximum atomic E-state index is 13.0.